The molecule has 0 radical (unpaired) electrons. The molecule has 5 rings (SSSR count). The molecule has 184 valence electrons. The second-order valence-corrected chi connectivity index (χ2v) is 10.4. The molecule has 3 aliphatic rings. The number of carbonyl (C=O) groups excluding carboxylic acids is 1. The van der Waals surface area contributed by atoms with Crippen molar-refractivity contribution in [1.82, 2.24) is 0 Å². The molecule has 2 aromatic rings. The van der Waals surface area contributed by atoms with Gasteiger partial charge in [-0.25, -0.2) is 0 Å². The zero-order valence-electron chi connectivity index (χ0n) is 20.5. The third-order valence-corrected chi connectivity index (χ3v) is 8.65. The maximum atomic E-state index is 13.5. The van der Waals surface area contributed by atoms with Crippen molar-refractivity contribution >= 4 is 22.1 Å². The fraction of sp³-hybridized carbons (Fsp3) is 0.393. The minimum absolute atomic E-state index is 0.0120. The molecular weight excluding hydrogens is 472 g/mol. The van der Waals surface area contributed by atoms with E-state index in [2.05, 4.69) is 12.1 Å². The monoisotopic (exact) mass is 500 g/mol. The highest BCUT2D eigenvalue weighted by molar-refractivity contribution is 7.16. The molecule has 36 heavy (non-hydrogen) atoms. The Hall–Kier alpha value is -3.75. The van der Waals surface area contributed by atoms with Crippen molar-refractivity contribution in [2.75, 3.05) is 19.1 Å². The smallest absolute Gasteiger partial charge is 0.161 e. The van der Waals surface area contributed by atoms with Crippen molar-refractivity contribution in [2.45, 2.75) is 57.3 Å². The molecule has 1 atom stereocenters. The summed E-state index contributed by atoms with van der Waals surface area (Å²) in [4.78, 5) is 16.5. The fourth-order valence-corrected chi connectivity index (χ4v) is 7.06. The number of thiophene rings is 1. The van der Waals surface area contributed by atoms with Crippen LogP contribution in [-0.2, 0) is 17.6 Å². The van der Waals surface area contributed by atoms with Crippen molar-refractivity contribution in [2.24, 2.45) is 5.73 Å². The van der Waals surface area contributed by atoms with Crippen LogP contribution in [0.4, 0.5) is 5.00 Å². The van der Waals surface area contributed by atoms with Crippen LogP contribution in [-0.4, -0.2) is 20.0 Å². The summed E-state index contributed by atoms with van der Waals surface area (Å²) < 4.78 is 10.9. The highest BCUT2D eigenvalue weighted by Crippen LogP contribution is 2.50. The number of carbonyl (C=O) groups is 1. The molecule has 2 aliphatic carbocycles. The molecule has 0 saturated heterocycles. The third kappa shape index (κ3) is 3.73. The molecule has 8 heteroatoms. The summed E-state index contributed by atoms with van der Waals surface area (Å²) in [6.07, 6.45) is 6.89. The number of nitrogens with two attached hydrogens (primary N) is 1. The van der Waals surface area contributed by atoms with Crippen LogP contribution >= 0.6 is 11.3 Å². The zero-order valence-corrected chi connectivity index (χ0v) is 21.3. The van der Waals surface area contributed by atoms with Crippen molar-refractivity contribution in [3.63, 3.8) is 0 Å². The number of fused-ring (bicyclic) bond motifs is 1. The molecule has 1 aliphatic heterocycles. The first-order chi connectivity index (χ1) is 17.5. The van der Waals surface area contributed by atoms with Gasteiger partial charge in [0, 0.05) is 22.6 Å². The first-order valence-electron chi connectivity index (χ1n) is 12.3. The van der Waals surface area contributed by atoms with Gasteiger partial charge in [0.15, 0.2) is 17.3 Å². The Morgan fingerprint density at radius 3 is 2.50 bits per heavy atom. The quantitative estimate of drug-likeness (QED) is 0.573. The highest BCUT2D eigenvalue weighted by atomic mass is 32.1. The number of benzene rings is 1. The predicted molar refractivity (Wildman–Crippen MR) is 138 cm³/mol. The van der Waals surface area contributed by atoms with Crippen LogP contribution < -0.4 is 20.1 Å². The van der Waals surface area contributed by atoms with Gasteiger partial charge < -0.3 is 15.2 Å². The number of ketones is 1. The number of methoxy groups -OCH3 is 2. The van der Waals surface area contributed by atoms with Gasteiger partial charge in [0.05, 0.1) is 37.3 Å². The van der Waals surface area contributed by atoms with Gasteiger partial charge >= 0.3 is 0 Å². The Kier molecular flexibility index (Phi) is 6.47. The summed E-state index contributed by atoms with van der Waals surface area (Å²) in [5, 5.41) is 21.2. The highest BCUT2D eigenvalue weighted by Gasteiger charge is 2.42. The average molecular weight is 501 g/mol. The van der Waals surface area contributed by atoms with Gasteiger partial charge in [-0.3, -0.25) is 9.69 Å². The van der Waals surface area contributed by atoms with Crippen molar-refractivity contribution in [1.29, 1.82) is 10.5 Å². The van der Waals surface area contributed by atoms with Crippen molar-refractivity contribution in [3.8, 4) is 23.6 Å². The lowest BCUT2D eigenvalue weighted by atomic mass is 9.75. The molecule has 2 N–H and O–H groups in total. The van der Waals surface area contributed by atoms with Gasteiger partial charge in [0.1, 0.15) is 16.9 Å². The van der Waals surface area contributed by atoms with E-state index in [1.54, 1.807) is 31.6 Å². The lowest BCUT2D eigenvalue weighted by molar-refractivity contribution is -0.116. The summed E-state index contributed by atoms with van der Waals surface area (Å²) in [5.74, 6) is 0.790. The van der Waals surface area contributed by atoms with Gasteiger partial charge in [0.25, 0.3) is 0 Å². The minimum atomic E-state index is -0.600. The Balaban J connectivity index is 1.73. The number of Topliss-reactive ketones (excluding diaryl/α,β-unsaturated/α-hetero) is 1. The maximum absolute atomic E-state index is 13.5. The van der Waals surface area contributed by atoms with Crippen LogP contribution in [0.2, 0.25) is 0 Å². The average Bonchev–Trinajstić information content (AvgIpc) is 3.07. The fourth-order valence-electron chi connectivity index (χ4n) is 5.69. The summed E-state index contributed by atoms with van der Waals surface area (Å²) in [7, 11) is 3.12. The molecule has 1 aromatic carbocycles. The van der Waals surface area contributed by atoms with Crippen molar-refractivity contribution < 1.29 is 14.3 Å². The number of nitrogens with zero attached hydrogens (tertiary/aromatic N) is 3. The van der Waals surface area contributed by atoms with Crippen LogP contribution in [0.15, 0.2) is 40.9 Å². The van der Waals surface area contributed by atoms with Gasteiger partial charge in [-0.05, 0) is 61.8 Å². The molecule has 7 nitrogen and oxygen atoms in total. The SMILES string of the molecule is COc1ccc([C@H]2C(C#N)=C(N)N(c3sc4c(c3C#N)CCCCC4)C3=C2C(=O)CCC3)cc1OC. The Bertz CT molecular complexity index is 1390. The van der Waals surface area contributed by atoms with Crippen molar-refractivity contribution in [3.05, 3.63) is 62.4 Å². The van der Waals surface area contributed by atoms with Gasteiger partial charge in [0.2, 0.25) is 0 Å². The van der Waals surface area contributed by atoms with Crippen LogP contribution in [0.1, 0.15) is 66.0 Å². The number of aryl methyl sites for hydroxylation is 1. The van der Waals surface area contributed by atoms with E-state index in [1.807, 2.05) is 17.0 Å². The van der Waals surface area contributed by atoms with E-state index in [4.69, 9.17) is 15.2 Å². The largest absolute Gasteiger partial charge is 0.493 e. The standard InChI is InChI=1S/C28H28N4O3S/c1-34-22-12-11-16(13-23(22)35-2)25-19(15-30)27(31)32(20-8-6-9-21(33)26(20)25)28-18(14-29)17-7-4-3-5-10-24(17)36-28/h11-13,25H,3-10,31H2,1-2H3/t25-/m0/s1. The maximum Gasteiger partial charge on any atom is 0.161 e. The van der Waals surface area contributed by atoms with Gasteiger partial charge in [-0.1, -0.05) is 12.5 Å². The molecular formula is C28H28N4O3S. The van der Waals surface area contributed by atoms with Crippen LogP contribution in [0, 0.1) is 22.7 Å². The second-order valence-electron chi connectivity index (χ2n) is 9.29. The van der Waals surface area contributed by atoms with E-state index in [0.29, 0.717) is 53.3 Å². The Morgan fingerprint density at radius 2 is 1.78 bits per heavy atom. The van der Waals surface area contributed by atoms with Crippen LogP contribution in [0.25, 0.3) is 0 Å². The number of anilines is 1. The first-order valence-corrected chi connectivity index (χ1v) is 13.1. The molecule has 0 saturated carbocycles. The molecule has 0 bridgehead atoms. The normalized spacial score (nSPS) is 19.7. The lowest BCUT2D eigenvalue weighted by Crippen LogP contribution is -2.38. The Labute approximate surface area is 215 Å². The number of rotatable bonds is 4. The first kappa shape index (κ1) is 24.0. The molecule has 0 spiro atoms. The van der Waals surface area contributed by atoms with E-state index < -0.39 is 5.92 Å². The summed E-state index contributed by atoms with van der Waals surface area (Å²) >= 11 is 1.59. The number of allylic oxidation sites excluding steroid dienone is 3. The third-order valence-electron chi connectivity index (χ3n) is 7.37. The van der Waals surface area contributed by atoms with Crippen LogP contribution in [0.5, 0.6) is 11.5 Å². The van der Waals surface area contributed by atoms with E-state index >= 15 is 0 Å². The van der Waals surface area contributed by atoms with E-state index in [0.717, 1.165) is 53.9 Å². The van der Waals surface area contributed by atoms with E-state index in [-0.39, 0.29) is 5.78 Å². The van der Waals surface area contributed by atoms with E-state index in [9.17, 15) is 15.3 Å². The number of ether oxygens (including phenoxy) is 2. The minimum Gasteiger partial charge on any atom is -0.493 e. The van der Waals surface area contributed by atoms with Gasteiger partial charge in [-0.15, -0.1) is 11.3 Å². The zero-order chi connectivity index (χ0) is 25.4. The van der Waals surface area contributed by atoms with E-state index in [1.165, 1.54) is 4.88 Å². The van der Waals surface area contributed by atoms with Gasteiger partial charge in [-0.2, -0.15) is 10.5 Å². The number of nitriles is 2. The molecule has 1 aromatic heterocycles. The predicted octanol–water partition coefficient (Wildman–Crippen LogP) is 5.21. The topological polar surface area (TPSA) is 112 Å². The number of hydrogen-bond donors (Lipinski definition) is 1. The summed E-state index contributed by atoms with van der Waals surface area (Å²) in [5.41, 5.74) is 10.9. The molecule has 2 heterocycles. The summed E-state index contributed by atoms with van der Waals surface area (Å²) in [6, 6.07) is 10.2. The van der Waals surface area contributed by atoms with Crippen LogP contribution in [0.3, 0.4) is 0 Å². The second kappa shape index (κ2) is 9.72. The number of hydrogen-bond acceptors (Lipinski definition) is 8. The Morgan fingerprint density at radius 1 is 1.00 bits per heavy atom. The summed E-state index contributed by atoms with van der Waals surface area (Å²) in [6.45, 7) is 0. The lowest BCUT2D eigenvalue weighted by Gasteiger charge is -2.39. The molecule has 0 amide bonds. The molecule has 0 fully saturated rings. The molecule has 0 unspecified atom stereocenters.